The lowest BCUT2D eigenvalue weighted by Crippen LogP contribution is -2.34. The highest BCUT2D eigenvalue weighted by Crippen LogP contribution is 2.34. The smallest absolute Gasteiger partial charge is 0.143 e. The fourth-order valence-corrected chi connectivity index (χ4v) is 4.74. The molecule has 1 aromatic heterocycles. The highest BCUT2D eigenvalue weighted by Gasteiger charge is 2.36. The molecule has 0 radical (unpaired) electrons. The molecule has 0 saturated carbocycles. The average Bonchev–Trinajstić information content (AvgIpc) is 2.99. The first-order valence-electron chi connectivity index (χ1n) is 8.36. The van der Waals surface area contributed by atoms with Crippen molar-refractivity contribution in [1.29, 1.82) is 0 Å². The molecule has 2 aromatic carbocycles. The van der Waals surface area contributed by atoms with E-state index in [9.17, 15) is 4.21 Å². The van der Waals surface area contributed by atoms with Gasteiger partial charge >= 0.3 is 0 Å². The maximum absolute atomic E-state index is 13.0. The summed E-state index contributed by atoms with van der Waals surface area (Å²) in [5.41, 5.74) is 6.38. The van der Waals surface area contributed by atoms with Crippen LogP contribution in [0.1, 0.15) is 36.1 Å². The quantitative estimate of drug-likeness (QED) is 0.612. The van der Waals surface area contributed by atoms with E-state index in [1.54, 1.807) is 0 Å². The van der Waals surface area contributed by atoms with Gasteiger partial charge in [0.25, 0.3) is 0 Å². The van der Waals surface area contributed by atoms with Crippen LogP contribution < -0.4 is 0 Å². The molecule has 1 aliphatic heterocycles. The van der Waals surface area contributed by atoms with Gasteiger partial charge in [-0.05, 0) is 57.4 Å². The molecule has 4 nitrogen and oxygen atoms in total. The summed E-state index contributed by atoms with van der Waals surface area (Å²) in [4.78, 5) is 9.69. The number of hydrogen-bond donors (Lipinski definition) is 0. The van der Waals surface area contributed by atoms with Gasteiger partial charge in [-0.1, -0.05) is 24.3 Å². The third-order valence-corrected chi connectivity index (χ3v) is 6.85. The number of aromatic nitrogens is 2. The van der Waals surface area contributed by atoms with Crippen LogP contribution in [-0.2, 0) is 10.8 Å². The van der Waals surface area contributed by atoms with Crippen molar-refractivity contribution < 1.29 is 4.21 Å². The highest BCUT2D eigenvalue weighted by molar-refractivity contribution is 7.86. The second-order valence-electron chi connectivity index (χ2n) is 7.09. The summed E-state index contributed by atoms with van der Waals surface area (Å²) in [7, 11) is -1.18. The van der Waals surface area contributed by atoms with E-state index >= 15 is 0 Å². The topological polar surface area (TPSA) is 47.2 Å². The van der Waals surface area contributed by atoms with Gasteiger partial charge in [0.15, 0.2) is 0 Å². The number of aliphatic imine (C=N–C) groups is 1. The van der Waals surface area contributed by atoms with Crippen molar-refractivity contribution in [1.82, 2.24) is 9.55 Å². The van der Waals surface area contributed by atoms with Gasteiger partial charge in [-0.25, -0.2) is 9.98 Å². The van der Waals surface area contributed by atoms with E-state index in [1.807, 2.05) is 49.9 Å². The number of aryl methyl sites for hydroxylation is 3. The summed E-state index contributed by atoms with van der Waals surface area (Å²) in [6.45, 7) is 10.0. The van der Waals surface area contributed by atoms with E-state index in [-0.39, 0.29) is 0 Å². The van der Waals surface area contributed by atoms with E-state index < -0.39 is 15.7 Å². The van der Waals surface area contributed by atoms with Crippen molar-refractivity contribution in [3.05, 3.63) is 58.9 Å². The molecule has 128 valence electrons. The molecule has 4 rings (SSSR count). The number of hydrogen-bond acceptors (Lipinski definition) is 3. The number of imidazole rings is 1. The van der Waals surface area contributed by atoms with Crippen LogP contribution in [0.15, 0.2) is 46.5 Å². The molecule has 0 aliphatic carbocycles. The van der Waals surface area contributed by atoms with Crippen molar-refractivity contribution in [2.45, 2.75) is 44.4 Å². The van der Waals surface area contributed by atoms with Gasteiger partial charge in [0, 0.05) is 5.56 Å². The standard InChI is InChI=1S/C20H21N3OS/c1-12-9-10-16-17(14(12)3)21-11-23(16)19-15-8-6-7-13(2)18(15)25(24)20(4,5)22-19/h6-11H,1-5H3. The predicted octanol–water partition coefficient (Wildman–Crippen LogP) is 4.11. The first-order valence-corrected chi connectivity index (χ1v) is 9.51. The molecular formula is C20H21N3OS. The van der Waals surface area contributed by atoms with Crippen LogP contribution in [0.3, 0.4) is 0 Å². The maximum Gasteiger partial charge on any atom is 0.143 e. The minimum Gasteiger partial charge on any atom is -0.283 e. The molecule has 5 heteroatoms. The molecule has 1 unspecified atom stereocenters. The summed E-state index contributed by atoms with van der Waals surface area (Å²) >= 11 is 0. The van der Waals surface area contributed by atoms with Crippen LogP contribution in [-0.4, -0.2) is 24.5 Å². The Labute approximate surface area is 150 Å². The molecule has 0 amide bonds. The van der Waals surface area contributed by atoms with Gasteiger partial charge < -0.3 is 0 Å². The van der Waals surface area contributed by atoms with E-state index in [4.69, 9.17) is 4.99 Å². The Morgan fingerprint density at radius 3 is 2.56 bits per heavy atom. The summed E-state index contributed by atoms with van der Waals surface area (Å²) < 4.78 is 15.0. The zero-order valence-corrected chi connectivity index (χ0v) is 15.9. The largest absolute Gasteiger partial charge is 0.283 e. The Balaban J connectivity index is 2.05. The second-order valence-corrected chi connectivity index (χ2v) is 9.04. The molecule has 2 heterocycles. The summed E-state index contributed by atoms with van der Waals surface area (Å²) in [6, 6.07) is 10.2. The normalized spacial score (nSPS) is 18.9. The van der Waals surface area contributed by atoms with Crippen LogP contribution in [0.2, 0.25) is 0 Å². The van der Waals surface area contributed by atoms with E-state index in [1.165, 1.54) is 11.1 Å². The Hall–Kier alpha value is -2.27. The molecule has 0 saturated heterocycles. The summed E-state index contributed by atoms with van der Waals surface area (Å²) in [6.07, 6.45) is 1.83. The molecule has 3 aromatic rings. The Morgan fingerprint density at radius 2 is 1.80 bits per heavy atom. The molecular weight excluding hydrogens is 330 g/mol. The fraction of sp³-hybridized carbons (Fsp3) is 0.300. The Kier molecular flexibility index (Phi) is 3.48. The molecule has 0 fully saturated rings. The van der Waals surface area contributed by atoms with Crippen molar-refractivity contribution >= 4 is 27.7 Å². The number of rotatable bonds is 0. The van der Waals surface area contributed by atoms with E-state index in [2.05, 4.69) is 31.0 Å². The molecule has 25 heavy (non-hydrogen) atoms. The van der Waals surface area contributed by atoms with Crippen LogP contribution >= 0.6 is 0 Å². The van der Waals surface area contributed by atoms with Gasteiger partial charge in [0.2, 0.25) is 0 Å². The second kappa shape index (κ2) is 5.36. The minimum atomic E-state index is -1.18. The Bertz CT molecular complexity index is 1080. The van der Waals surface area contributed by atoms with Crippen LogP contribution in [0.5, 0.6) is 0 Å². The van der Waals surface area contributed by atoms with Crippen molar-refractivity contribution in [3.8, 4) is 0 Å². The lowest BCUT2D eigenvalue weighted by atomic mass is 10.1. The fourth-order valence-electron chi connectivity index (χ4n) is 3.36. The lowest BCUT2D eigenvalue weighted by Gasteiger charge is -2.29. The van der Waals surface area contributed by atoms with Gasteiger partial charge in [-0.15, -0.1) is 0 Å². The predicted molar refractivity (Wildman–Crippen MR) is 103 cm³/mol. The zero-order valence-electron chi connectivity index (χ0n) is 15.1. The number of nitrogens with zero attached hydrogens (tertiary/aromatic N) is 3. The van der Waals surface area contributed by atoms with Gasteiger partial charge in [-0.2, -0.15) is 0 Å². The number of benzene rings is 2. The van der Waals surface area contributed by atoms with Gasteiger partial charge in [0.05, 0.1) is 26.7 Å². The van der Waals surface area contributed by atoms with Crippen LogP contribution in [0.4, 0.5) is 0 Å². The highest BCUT2D eigenvalue weighted by atomic mass is 32.2. The average molecular weight is 351 g/mol. The van der Waals surface area contributed by atoms with Crippen molar-refractivity contribution in [2.75, 3.05) is 0 Å². The molecule has 0 N–H and O–H groups in total. The monoisotopic (exact) mass is 351 g/mol. The van der Waals surface area contributed by atoms with E-state index in [0.29, 0.717) is 0 Å². The maximum atomic E-state index is 13.0. The number of fused-ring (bicyclic) bond motifs is 2. The lowest BCUT2D eigenvalue weighted by molar-refractivity contribution is 0.633. The van der Waals surface area contributed by atoms with Crippen molar-refractivity contribution in [3.63, 3.8) is 0 Å². The van der Waals surface area contributed by atoms with Crippen molar-refractivity contribution in [2.24, 2.45) is 4.99 Å². The first kappa shape index (κ1) is 16.2. The molecule has 0 bridgehead atoms. The molecule has 1 aliphatic rings. The van der Waals surface area contributed by atoms with Crippen LogP contribution in [0, 0.1) is 20.8 Å². The summed E-state index contributed by atoms with van der Waals surface area (Å²) in [5.74, 6) is 0.814. The third kappa shape index (κ3) is 2.29. The van der Waals surface area contributed by atoms with Gasteiger partial charge in [-0.3, -0.25) is 8.78 Å². The minimum absolute atomic E-state index is 0.676. The summed E-state index contributed by atoms with van der Waals surface area (Å²) in [5, 5.41) is 0. The van der Waals surface area contributed by atoms with Gasteiger partial charge in [0.1, 0.15) is 17.0 Å². The molecule has 1 atom stereocenters. The van der Waals surface area contributed by atoms with Crippen LogP contribution in [0.25, 0.3) is 11.0 Å². The molecule has 0 spiro atoms. The van der Waals surface area contributed by atoms with E-state index in [0.717, 1.165) is 32.9 Å². The third-order valence-electron chi connectivity index (χ3n) is 4.94. The zero-order chi connectivity index (χ0) is 17.9. The SMILES string of the molecule is Cc1cccc2c1S(=O)C(C)(C)N=C2n1cnc2c(C)c(C)ccc21. The first-order chi connectivity index (χ1) is 11.8. The Morgan fingerprint density at radius 1 is 1.04 bits per heavy atom.